The molecule has 0 fully saturated rings. The maximum absolute atomic E-state index is 10.7. The van der Waals surface area contributed by atoms with Crippen molar-refractivity contribution in [1.29, 1.82) is 0 Å². The Hall–Kier alpha value is -1.32. The van der Waals surface area contributed by atoms with E-state index in [2.05, 4.69) is 16.1 Å². The van der Waals surface area contributed by atoms with Crippen LogP contribution in [0.25, 0.3) is 0 Å². The number of hydrogen-bond acceptors (Lipinski definition) is 4. The molecule has 68 valence electrons. The van der Waals surface area contributed by atoms with Crippen LogP contribution >= 0.6 is 0 Å². The average Bonchev–Trinajstić information content (AvgIpc) is 1.98. The summed E-state index contributed by atoms with van der Waals surface area (Å²) >= 11 is 0. The Morgan fingerprint density at radius 2 is 1.92 bits per heavy atom. The van der Waals surface area contributed by atoms with Gasteiger partial charge in [-0.25, -0.2) is 0 Å². The molecule has 0 rings (SSSR count). The Bertz CT molecular complexity index is 174. The van der Waals surface area contributed by atoms with E-state index in [0.29, 0.717) is 0 Å². The van der Waals surface area contributed by atoms with Crippen molar-refractivity contribution in [3.05, 3.63) is 12.7 Å². The second-order valence-electron chi connectivity index (χ2n) is 2.05. The highest BCUT2D eigenvalue weighted by Crippen LogP contribution is 1.87. The summed E-state index contributed by atoms with van der Waals surface area (Å²) in [5, 5.41) is 0. The highest BCUT2D eigenvalue weighted by atomic mass is 16.6. The molecular weight excluding hydrogens is 160 g/mol. The molecule has 0 aliphatic rings. The van der Waals surface area contributed by atoms with E-state index < -0.39 is 0 Å². The van der Waals surface area contributed by atoms with Gasteiger partial charge in [0, 0.05) is 6.92 Å². The molecule has 0 unspecified atom stereocenters. The van der Waals surface area contributed by atoms with Gasteiger partial charge in [-0.1, -0.05) is 6.08 Å². The first kappa shape index (κ1) is 10.7. The fourth-order valence-corrected chi connectivity index (χ4v) is 0.518. The van der Waals surface area contributed by atoms with Gasteiger partial charge >= 0.3 is 11.9 Å². The van der Waals surface area contributed by atoms with Crippen molar-refractivity contribution < 1.29 is 19.1 Å². The molecule has 0 atom stereocenters. The second kappa shape index (κ2) is 6.39. The lowest BCUT2D eigenvalue weighted by Crippen LogP contribution is -2.11. The van der Waals surface area contributed by atoms with E-state index in [0.717, 1.165) is 0 Å². The molecule has 0 bridgehead atoms. The zero-order chi connectivity index (χ0) is 9.40. The van der Waals surface area contributed by atoms with Crippen LogP contribution in [0.3, 0.4) is 0 Å². The fraction of sp³-hybridized carbons (Fsp3) is 0.500. The SMILES string of the molecule is C=CCC(=O)OCCOC(C)=O. The van der Waals surface area contributed by atoms with Crippen LogP contribution in [0.1, 0.15) is 13.3 Å². The van der Waals surface area contributed by atoms with E-state index in [1.54, 1.807) is 0 Å². The summed E-state index contributed by atoms with van der Waals surface area (Å²) in [4.78, 5) is 20.9. The number of esters is 2. The monoisotopic (exact) mass is 172 g/mol. The largest absolute Gasteiger partial charge is 0.462 e. The smallest absolute Gasteiger partial charge is 0.309 e. The summed E-state index contributed by atoms with van der Waals surface area (Å²) in [6.07, 6.45) is 1.63. The Kier molecular flexibility index (Phi) is 5.69. The lowest BCUT2D eigenvalue weighted by atomic mass is 10.4. The molecule has 0 aliphatic carbocycles. The zero-order valence-corrected chi connectivity index (χ0v) is 7.04. The molecule has 4 nitrogen and oxygen atoms in total. The lowest BCUT2D eigenvalue weighted by molar-refractivity contribution is -0.150. The molecule has 0 N–H and O–H groups in total. The van der Waals surface area contributed by atoms with Crippen LogP contribution in [0.2, 0.25) is 0 Å². The van der Waals surface area contributed by atoms with Gasteiger partial charge in [0.25, 0.3) is 0 Å². The first-order valence-corrected chi connectivity index (χ1v) is 3.56. The minimum absolute atomic E-state index is 0.103. The summed E-state index contributed by atoms with van der Waals surface area (Å²) in [7, 11) is 0. The van der Waals surface area contributed by atoms with Gasteiger partial charge < -0.3 is 9.47 Å². The molecule has 0 aromatic carbocycles. The Morgan fingerprint density at radius 1 is 1.33 bits per heavy atom. The van der Waals surface area contributed by atoms with Gasteiger partial charge in [0.1, 0.15) is 13.2 Å². The molecule has 0 aromatic heterocycles. The molecule has 0 amide bonds. The molecule has 0 spiro atoms. The van der Waals surface area contributed by atoms with Crippen LogP contribution in [-0.4, -0.2) is 25.2 Å². The van der Waals surface area contributed by atoms with Crippen molar-refractivity contribution in [3.8, 4) is 0 Å². The van der Waals surface area contributed by atoms with Gasteiger partial charge in [-0.15, -0.1) is 6.58 Å². The highest BCUT2D eigenvalue weighted by molar-refractivity contribution is 5.71. The zero-order valence-electron chi connectivity index (χ0n) is 7.04. The van der Waals surface area contributed by atoms with Crippen molar-refractivity contribution in [2.24, 2.45) is 0 Å². The average molecular weight is 172 g/mol. The van der Waals surface area contributed by atoms with Crippen molar-refractivity contribution in [1.82, 2.24) is 0 Å². The standard InChI is InChI=1S/C8H12O4/c1-3-4-8(10)12-6-5-11-7(2)9/h3H,1,4-6H2,2H3. The number of carbonyl (C=O) groups excluding carboxylic acids is 2. The van der Waals surface area contributed by atoms with Crippen LogP contribution < -0.4 is 0 Å². The van der Waals surface area contributed by atoms with E-state index in [-0.39, 0.29) is 31.6 Å². The Balaban J connectivity index is 3.25. The minimum Gasteiger partial charge on any atom is -0.462 e. The Morgan fingerprint density at radius 3 is 2.42 bits per heavy atom. The van der Waals surface area contributed by atoms with Crippen molar-refractivity contribution in [2.75, 3.05) is 13.2 Å². The predicted molar refractivity (Wildman–Crippen MR) is 42.4 cm³/mol. The lowest BCUT2D eigenvalue weighted by Gasteiger charge is -2.02. The van der Waals surface area contributed by atoms with Crippen molar-refractivity contribution in [2.45, 2.75) is 13.3 Å². The third kappa shape index (κ3) is 6.80. The van der Waals surface area contributed by atoms with E-state index in [4.69, 9.17) is 0 Å². The van der Waals surface area contributed by atoms with Gasteiger partial charge in [0.05, 0.1) is 6.42 Å². The van der Waals surface area contributed by atoms with Crippen molar-refractivity contribution >= 4 is 11.9 Å². The van der Waals surface area contributed by atoms with Gasteiger partial charge in [-0.05, 0) is 0 Å². The van der Waals surface area contributed by atoms with Crippen molar-refractivity contribution in [3.63, 3.8) is 0 Å². The first-order chi connectivity index (χ1) is 5.66. The molecule has 0 radical (unpaired) electrons. The summed E-state index contributed by atoms with van der Waals surface area (Å²) < 4.78 is 9.17. The normalized spacial score (nSPS) is 8.75. The number of carbonyl (C=O) groups is 2. The molecular formula is C8H12O4. The van der Waals surface area contributed by atoms with E-state index in [1.807, 2.05) is 0 Å². The summed E-state index contributed by atoms with van der Waals surface area (Å²) in [5.74, 6) is -0.744. The third-order valence-electron chi connectivity index (χ3n) is 0.963. The summed E-state index contributed by atoms with van der Waals surface area (Å²) in [5.41, 5.74) is 0. The van der Waals surface area contributed by atoms with E-state index >= 15 is 0 Å². The number of rotatable bonds is 5. The van der Waals surface area contributed by atoms with E-state index in [1.165, 1.54) is 13.0 Å². The van der Waals surface area contributed by atoms with Gasteiger partial charge in [0.2, 0.25) is 0 Å². The molecule has 0 saturated heterocycles. The quantitative estimate of drug-likeness (QED) is 0.347. The van der Waals surface area contributed by atoms with Gasteiger partial charge in [0.15, 0.2) is 0 Å². The first-order valence-electron chi connectivity index (χ1n) is 3.56. The van der Waals surface area contributed by atoms with Crippen LogP contribution in [0.5, 0.6) is 0 Å². The number of ether oxygens (including phenoxy) is 2. The molecule has 0 aromatic rings. The third-order valence-corrected chi connectivity index (χ3v) is 0.963. The van der Waals surface area contributed by atoms with Crippen LogP contribution in [-0.2, 0) is 19.1 Å². The van der Waals surface area contributed by atoms with E-state index in [9.17, 15) is 9.59 Å². The maximum Gasteiger partial charge on any atom is 0.309 e. The predicted octanol–water partition coefficient (Wildman–Crippen LogP) is 0.669. The maximum atomic E-state index is 10.7. The van der Waals surface area contributed by atoms with Crippen LogP contribution in [0, 0.1) is 0 Å². The van der Waals surface area contributed by atoms with Crippen LogP contribution in [0.15, 0.2) is 12.7 Å². The number of hydrogen-bond donors (Lipinski definition) is 0. The highest BCUT2D eigenvalue weighted by Gasteiger charge is 1.99. The molecule has 0 heterocycles. The molecule has 4 heteroatoms. The molecule has 12 heavy (non-hydrogen) atoms. The molecule has 0 aliphatic heterocycles. The molecule has 0 saturated carbocycles. The topological polar surface area (TPSA) is 52.6 Å². The second-order valence-corrected chi connectivity index (χ2v) is 2.05. The Labute approximate surface area is 71.2 Å². The van der Waals surface area contributed by atoms with Gasteiger partial charge in [-0.2, -0.15) is 0 Å². The minimum atomic E-state index is -0.380. The van der Waals surface area contributed by atoms with Crippen LogP contribution in [0.4, 0.5) is 0 Å². The fourth-order valence-electron chi connectivity index (χ4n) is 0.518. The summed E-state index contributed by atoms with van der Waals surface area (Å²) in [6, 6.07) is 0. The summed E-state index contributed by atoms with van der Waals surface area (Å²) in [6.45, 7) is 4.88. The van der Waals surface area contributed by atoms with Gasteiger partial charge in [-0.3, -0.25) is 9.59 Å².